The summed E-state index contributed by atoms with van der Waals surface area (Å²) in [7, 11) is 0. The highest BCUT2D eigenvalue weighted by Crippen LogP contribution is 2.39. The van der Waals surface area contributed by atoms with Crippen molar-refractivity contribution in [2.75, 3.05) is 13.2 Å². The van der Waals surface area contributed by atoms with E-state index in [4.69, 9.17) is 18.9 Å². The van der Waals surface area contributed by atoms with Crippen molar-refractivity contribution in [3.05, 3.63) is 29.8 Å². The monoisotopic (exact) mass is 448 g/mol. The molecule has 4 atom stereocenters. The van der Waals surface area contributed by atoms with E-state index in [1.54, 1.807) is 0 Å². The molecule has 0 N–H and O–H groups in total. The molecule has 6 nitrogen and oxygen atoms in total. The molecule has 1 saturated heterocycles. The maximum absolute atomic E-state index is 13.2. The number of carbonyl (C=O) groups excluding carboxylic acids is 2. The van der Waals surface area contributed by atoms with E-state index >= 15 is 0 Å². The lowest BCUT2D eigenvalue weighted by Gasteiger charge is -2.36. The lowest BCUT2D eigenvalue weighted by molar-refractivity contribution is -0.174. The molecule has 0 spiro atoms. The van der Waals surface area contributed by atoms with Gasteiger partial charge in [0.15, 0.2) is 6.29 Å². The number of cyclic esters (lactones) is 1. The Bertz CT molecular complexity index is 756. The highest BCUT2D eigenvalue weighted by Gasteiger charge is 2.44. The molecule has 0 amide bonds. The molecule has 0 aliphatic carbocycles. The van der Waals surface area contributed by atoms with E-state index in [-0.39, 0.29) is 36.5 Å². The van der Waals surface area contributed by atoms with Gasteiger partial charge in [-0.05, 0) is 70.6 Å². The molecule has 32 heavy (non-hydrogen) atoms. The molecule has 1 aromatic rings. The van der Waals surface area contributed by atoms with Gasteiger partial charge in [-0.25, -0.2) is 0 Å². The first kappa shape index (κ1) is 26.2. The van der Waals surface area contributed by atoms with Crippen LogP contribution in [-0.2, 0) is 23.8 Å². The Morgan fingerprint density at radius 1 is 1.16 bits per heavy atom. The summed E-state index contributed by atoms with van der Waals surface area (Å²) in [6, 6.07) is 7.97. The summed E-state index contributed by atoms with van der Waals surface area (Å²) in [6.07, 6.45) is 2.28. The van der Waals surface area contributed by atoms with E-state index in [0.29, 0.717) is 26.1 Å². The topological polar surface area (TPSA) is 71.1 Å². The number of ether oxygens (including phenoxy) is 4. The van der Waals surface area contributed by atoms with E-state index in [1.807, 2.05) is 58.9 Å². The Balaban J connectivity index is 2.00. The first-order valence-corrected chi connectivity index (χ1v) is 11.8. The van der Waals surface area contributed by atoms with E-state index in [0.717, 1.165) is 17.7 Å². The molecular weight excluding hydrogens is 408 g/mol. The van der Waals surface area contributed by atoms with E-state index in [1.165, 1.54) is 0 Å². The van der Waals surface area contributed by atoms with Crippen molar-refractivity contribution in [1.82, 2.24) is 0 Å². The number of rotatable bonds is 12. The maximum Gasteiger partial charge on any atom is 0.312 e. The van der Waals surface area contributed by atoms with Gasteiger partial charge in [0.25, 0.3) is 0 Å². The highest BCUT2D eigenvalue weighted by atomic mass is 16.7. The Morgan fingerprint density at radius 2 is 1.81 bits per heavy atom. The molecule has 6 heteroatoms. The fraction of sp³-hybridized carbons (Fsp3) is 0.692. The van der Waals surface area contributed by atoms with Crippen molar-refractivity contribution in [3.8, 4) is 5.75 Å². The van der Waals surface area contributed by atoms with Crippen LogP contribution in [0.15, 0.2) is 24.3 Å². The highest BCUT2D eigenvalue weighted by molar-refractivity contribution is 5.77. The molecule has 4 unspecified atom stereocenters. The fourth-order valence-electron chi connectivity index (χ4n) is 3.95. The number of benzene rings is 1. The predicted octanol–water partition coefficient (Wildman–Crippen LogP) is 5.63. The molecule has 1 aliphatic heterocycles. The zero-order chi connectivity index (χ0) is 23.9. The quantitative estimate of drug-likeness (QED) is 0.305. The van der Waals surface area contributed by atoms with Crippen molar-refractivity contribution in [1.29, 1.82) is 0 Å². The van der Waals surface area contributed by atoms with Crippen LogP contribution < -0.4 is 4.74 Å². The van der Waals surface area contributed by atoms with Crippen LogP contribution in [0.3, 0.4) is 0 Å². The van der Waals surface area contributed by atoms with Gasteiger partial charge in [-0.3, -0.25) is 9.59 Å². The minimum Gasteiger partial charge on any atom is -0.465 e. The van der Waals surface area contributed by atoms with E-state index < -0.39 is 11.0 Å². The second-order valence-corrected chi connectivity index (χ2v) is 9.72. The van der Waals surface area contributed by atoms with Crippen LogP contribution in [0.2, 0.25) is 0 Å². The number of hydrogen-bond donors (Lipinski definition) is 0. The average Bonchev–Trinajstić information content (AvgIpc) is 3.19. The van der Waals surface area contributed by atoms with Gasteiger partial charge in [0.2, 0.25) is 0 Å². The third-order valence-corrected chi connectivity index (χ3v) is 6.54. The van der Waals surface area contributed by atoms with Crippen LogP contribution in [-0.4, -0.2) is 37.0 Å². The summed E-state index contributed by atoms with van der Waals surface area (Å²) in [5.74, 6) is 0.351. The van der Waals surface area contributed by atoms with Crippen LogP contribution in [0.5, 0.6) is 5.75 Å². The van der Waals surface area contributed by atoms with Crippen molar-refractivity contribution in [3.63, 3.8) is 0 Å². The first-order valence-electron chi connectivity index (χ1n) is 11.8. The van der Waals surface area contributed by atoms with Gasteiger partial charge in [0, 0.05) is 5.92 Å². The lowest BCUT2D eigenvalue weighted by atomic mass is 9.77. The summed E-state index contributed by atoms with van der Waals surface area (Å²) >= 11 is 0. The van der Waals surface area contributed by atoms with Crippen molar-refractivity contribution in [2.45, 2.75) is 92.0 Å². The molecule has 180 valence electrons. The minimum atomic E-state index is -0.752. The molecular formula is C26H40O6. The molecule has 1 aliphatic rings. The number of hydrogen-bond acceptors (Lipinski definition) is 6. The molecule has 1 fully saturated rings. The second-order valence-electron chi connectivity index (χ2n) is 9.72. The Kier molecular flexibility index (Phi) is 9.14. The van der Waals surface area contributed by atoms with Gasteiger partial charge in [-0.2, -0.15) is 0 Å². The third kappa shape index (κ3) is 6.96. The normalized spacial score (nSPS) is 20.2. The van der Waals surface area contributed by atoms with Gasteiger partial charge >= 0.3 is 11.9 Å². The van der Waals surface area contributed by atoms with Crippen molar-refractivity contribution >= 4 is 11.9 Å². The SMILES string of the molecule is CCCOC(C)Oc1ccc(C(C)CC(C)(CC)C(=O)OC(C)(C)C2COC(=O)C2)cc1. The Hall–Kier alpha value is -2.08. The maximum atomic E-state index is 13.2. The van der Waals surface area contributed by atoms with Gasteiger partial charge in [-0.15, -0.1) is 0 Å². The van der Waals surface area contributed by atoms with Crippen LogP contribution in [0.25, 0.3) is 0 Å². The summed E-state index contributed by atoms with van der Waals surface area (Å²) in [5.41, 5.74) is -0.239. The molecule has 0 saturated carbocycles. The zero-order valence-electron chi connectivity index (χ0n) is 20.7. The largest absolute Gasteiger partial charge is 0.465 e. The minimum absolute atomic E-state index is 0.117. The fourth-order valence-corrected chi connectivity index (χ4v) is 3.95. The summed E-state index contributed by atoms with van der Waals surface area (Å²) < 4.78 is 22.4. The summed E-state index contributed by atoms with van der Waals surface area (Å²) in [4.78, 5) is 24.7. The smallest absolute Gasteiger partial charge is 0.312 e. The Morgan fingerprint density at radius 3 is 2.34 bits per heavy atom. The summed E-state index contributed by atoms with van der Waals surface area (Å²) in [6.45, 7) is 14.7. The molecule has 2 rings (SSSR count). The van der Waals surface area contributed by atoms with Crippen LogP contribution in [0, 0.1) is 11.3 Å². The van der Waals surface area contributed by atoms with Crippen LogP contribution >= 0.6 is 0 Å². The third-order valence-electron chi connectivity index (χ3n) is 6.54. The molecule has 0 bridgehead atoms. The molecule has 0 radical (unpaired) electrons. The van der Waals surface area contributed by atoms with Crippen molar-refractivity contribution in [2.24, 2.45) is 11.3 Å². The van der Waals surface area contributed by atoms with Crippen LogP contribution in [0.4, 0.5) is 0 Å². The molecule has 0 aromatic heterocycles. The zero-order valence-corrected chi connectivity index (χ0v) is 20.7. The van der Waals surface area contributed by atoms with Gasteiger partial charge in [0.05, 0.1) is 25.0 Å². The predicted molar refractivity (Wildman–Crippen MR) is 123 cm³/mol. The van der Waals surface area contributed by atoms with Gasteiger partial charge in [0.1, 0.15) is 11.4 Å². The first-order chi connectivity index (χ1) is 15.0. The van der Waals surface area contributed by atoms with Gasteiger partial charge < -0.3 is 18.9 Å². The van der Waals surface area contributed by atoms with Crippen LogP contribution in [0.1, 0.15) is 85.6 Å². The van der Waals surface area contributed by atoms with Gasteiger partial charge in [-0.1, -0.05) is 32.9 Å². The van der Waals surface area contributed by atoms with E-state index in [9.17, 15) is 9.59 Å². The van der Waals surface area contributed by atoms with E-state index in [2.05, 4.69) is 13.8 Å². The average molecular weight is 449 g/mol. The second kappa shape index (κ2) is 11.2. The molecule has 1 aromatic carbocycles. The number of carbonyl (C=O) groups is 2. The number of esters is 2. The van der Waals surface area contributed by atoms with Crippen molar-refractivity contribution < 1.29 is 28.5 Å². The molecule has 1 heterocycles. The lowest BCUT2D eigenvalue weighted by Crippen LogP contribution is -2.42. The Labute approximate surface area is 193 Å². The standard InChI is InChI=1S/C26H40O6/c1-8-14-29-19(4)31-22-12-10-20(11-13-22)18(3)16-26(7,9-2)24(28)32-25(5,6)21-15-23(27)30-17-21/h10-13,18-19,21H,8-9,14-17H2,1-7H3. The summed E-state index contributed by atoms with van der Waals surface area (Å²) in [5, 5.41) is 0.